The molecule has 0 unspecified atom stereocenters. The molecular formula is C15H19NO4S. The van der Waals surface area contributed by atoms with Crippen LogP contribution in [0.4, 0.5) is 5.69 Å². The van der Waals surface area contributed by atoms with Gasteiger partial charge in [-0.3, -0.25) is 4.79 Å². The Kier molecular flexibility index (Phi) is 5.53. The summed E-state index contributed by atoms with van der Waals surface area (Å²) in [5.74, 6) is 4.99. The number of hydrogen-bond acceptors (Lipinski definition) is 4. The number of aliphatic hydroxyl groups is 1. The number of aliphatic hydroxyl groups excluding tert-OH is 1. The van der Waals surface area contributed by atoms with Crippen LogP contribution in [0.3, 0.4) is 0 Å². The van der Waals surface area contributed by atoms with Gasteiger partial charge in [-0.05, 0) is 26.0 Å². The monoisotopic (exact) mass is 309 g/mol. The Morgan fingerprint density at radius 1 is 1.33 bits per heavy atom. The Bertz CT molecular complexity index is 681. The van der Waals surface area contributed by atoms with Gasteiger partial charge < -0.3 is 10.4 Å². The average Bonchev–Trinajstić information content (AvgIpc) is 2.39. The number of nitrogens with one attached hydrogen (secondary N) is 1. The number of sulfone groups is 1. The number of carbonyl (C=O) groups is 1. The predicted molar refractivity (Wildman–Crippen MR) is 82.6 cm³/mol. The molecule has 5 nitrogen and oxygen atoms in total. The zero-order chi connectivity index (χ0) is 16.1. The summed E-state index contributed by atoms with van der Waals surface area (Å²) in [5.41, 5.74) is 1.02. The molecule has 0 bridgehead atoms. The van der Waals surface area contributed by atoms with Gasteiger partial charge in [0.15, 0.2) is 9.84 Å². The van der Waals surface area contributed by atoms with Crippen molar-refractivity contribution in [2.75, 3.05) is 18.2 Å². The molecule has 0 saturated heterocycles. The molecule has 6 heteroatoms. The smallest absolute Gasteiger partial charge is 0.245 e. The molecule has 0 aliphatic carbocycles. The molecular weight excluding hydrogens is 290 g/mol. The Morgan fingerprint density at radius 2 is 1.95 bits per heavy atom. The molecule has 1 aromatic rings. The van der Waals surface area contributed by atoms with Gasteiger partial charge in [-0.2, -0.15) is 0 Å². The van der Waals surface area contributed by atoms with Crippen LogP contribution in [-0.2, 0) is 14.6 Å². The zero-order valence-electron chi connectivity index (χ0n) is 12.3. The highest BCUT2D eigenvalue weighted by Gasteiger charge is 2.38. The van der Waals surface area contributed by atoms with Crippen LogP contribution < -0.4 is 5.32 Å². The lowest BCUT2D eigenvalue weighted by molar-refractivity contribution is -0.117. The lowest BCUT2D eigenvalue weighted by atomic mass is 10.1. The van der Waals surface area contributed by atoms with Crippen LogP contribution in [0.25, 0.3) is 0 Å². The van der Waals surface area contributed by atoms with Gasteiger partial charge in [0.2, 0.25) is 5.91 Å². The highest BCUT2D eigenvalue weighted by atomic mass is 32.2. The maximum Gasteiger partial charge on any atom is 0.245 e. The minimum absolute atomic E-state index is 0.0391. The van der Waals surface area contributed by atoms with E-state index in [1.165, 1.54) is 13.8 Å². The van der Waals surface area contributed by atoms with Crippen molar-refractivity contribution in [2.45, 2.75) is 25.0 Å². The van der Waals surface area contributed by atoms with Gasteiger partial charge in [0.1, 0.15) is 4.75 Å². The molecule has 0 aromatic heterocycles. The van der Waals surface area contributed by atoms with Crippen LogP contribution in [-0.4, -0.2) is 37.0 Å². The van der Waals surface area contributed by atoms with E-state index in [9.17, 15) is 13.2 Å². The number of anilines is 1. The van der Waals surface area contributed by atoms with Gasteiger partial charge in [-0.25, -0.2) is 8.42 Å². The third-order valence-corrected chi connectivity index (χ3v) is 5.15. The maximum absolute atomic E-state index is 12.2. The fourth-order valence-electron chi connectivity index (χ4n) is 1.36. The van der Waals surface area contributed by atoms with Crippen molar-refractivity contribution < 1.29 is 18.3 Å². The Labute approximate surface area is 125 Å². The number of hydrogen-bond donors (Lipinski definition) is 2. The Morgan fingerprint density at radius 3 is 2.52 bits per heavy atom. The van der Waals surface area contributed by atoms with Gasteiger partial charge in [0, 0.05) is 18.2 Å². The van der Waals surface area contributed by atoms with Crippen LogP contribution >= 0.6 is 0 Å². The summed E-state index contributed by atoms with van der Waals surface area (Å²) < 4.78 is 21.8. The first-order chi connectivity index (χ1) is 9.70. The zero-order valence-corrected chi connectivity index (χ0v) is 13.1. The fourth-order valence-corrected chi connectivity index (χ4v) is 1.74. The van der Waals surface area contributed by atoms with Crippen LogP contribution in [0.2, 0.25) is 0 Å². The normalized spacial score (nSPS) is 11.4. The van der Waals surface area contributed by atoms with Crippen molar-refractivity contribution in [3.8, 4) is 11.8 Å². The van der Waals surface area contributed by atoms with E-state index in [-0.39, 0.29) is 6.61 Å². The van der Waals surface area contributed by atoms with E-state index in [4.69, 9.17) is 5.11 Å². The topological polar surface area (TPSA) is 83.5 Å². The second-order valence-electron chi connectivity index (χ2n) is 5.06. The Hall–Kier alpha value is -1.84. The van der Waals surface area contributed by atoms with E-state index in [1.54, 1.807) is 24.3 Å². The SMILES string of the molecule is CC(C)(C(=O)Nc1ccccc1C#CCCO)S(C)(=O)=O. The second kappa shape index (κ2) is 6.74. The maximum atomic E-state index is 12.2. The molecule has 1 rings (SSSR count). The molecule has 1 amide bonds. The third kappa shape index (κ3) is 4.31. The molecule has 0 heterocycles. The second-order valence-corrected chi connectivity index (χ2v) is 7.62. The van der Waals surface area contributed by atoms with Crippen molar-refractivity contribution >= 4 is 21.4 Å². The van der Waals surface area contributed by atoms with E-state index in [0.29, 0.717) is 17.7 Å². The fraction of sp³-hybridized carbons (Fsp3) is 0.400. The lowest BCUT2D eigenvalue weighted by Gasteiger charge is -2.21. The predicted octanol–water partition coefficient (Wildman–Crippen LogP) is 1.18. The number of rotatable bonds is 4. The van der Waals surface area contributed by atoms with E-state index >= 15 is 0 Å². The van der Waals surface area contributed by atoms with Crippen LogP contribution in [0, 0.1) is 11.8 Å². The molecule has 2 N–H and O–H groups in total. The van der Waals surface area contributed by atoms with Crippen molar-refractivity contribution in [3.05, 3.63) is 29.8 Å². The molecule has 0 radical (unpaired) electrons. The van der Waals surface area contributed by atoms with E-state index in [1.807, 2.05) is 0 Å². The molecule has 0 atom stereocenters. The molecule has 0 saturated carbocycles. The van der Waals surface area contributed by atoms with Crippen LogP contribution in [0.5, 0.6) is 0 Å². The first kappa shape index (κ1) is 17.2. The summed E-state index contributed by atoms with van der Waals surface area (Å²) in [6.07, 6.45) is 1.36. The van der Waals surface area contributed by atoms with Gasteiger partial charge in [0.25, 0.3) is 0 Å². The van der Waals surface area contributed by atoms with Crippen LogP contribution in [0.1, 0.15) is 25.8 Å². The summed E-state index contributed by atoms with van der Waals surface area (Å²) >= 11 is 0. The van der Waals surface area contributed by atoms with Gasteiger partial charge in [-0.1, -0.05) is 24.0 Å². The van der Waals surface area contributed by atoms with Crippen LogP contribution in [0.15, 0.2) is 24.3 Å². The first-order valence-electron chi connectivity index (χ1n) is 6.40. The minimum atomic E-state index is -3.54. The average molecular weight is 309 g/mol. The molecule has 0 aliphatic heterocycles. The summed E-state index contributed by atoms with van der Waals surface area (Å²) in [4.78, 5) is 12.2. The van der Waals surface area contributed by atoms with Gasteiger partial charge in [0.05, 0.1) is 12.3 Å². The molecule has 0 aliphatic rings. The van der Waals surface area contributed by atoms with Gasteiger partial charge in [-0.15, -0.1) is 0 Å². The quantitative estimate of drug-likeness (QED) is 0.818. The minimum Gasteiger partial charge on any atom is -0.395 e. The van der Waals surface area contributed by atoms with Crippen molar-refractivity contribution in [2.24, 2.45) is 0 Å². The number of para-hydroxylation sites is 1. The van der Waals surface area contributed by atoms with Gasteiger partial charge >= 0.3 is 0 Å². The largest absolute Gasteiger partial charge is 0.395 e. The van der Waals surface area contributed by atoms with Crippen molar-refractivity contribution in [1.82, 2.24) is 0 Å². The molecule has 1 aromatic carbocycles. The summed E-state index contributed by atoms with van der Waals surface area (Å²) in [6.45, 7) is 2.68. The molecule has 114 valence electrons. The number of benzene rings is 1. The third-order valence-electron chi connectivity index (χ3n) is 3.11. The summed E-state index contributed by atoms with van der Waals surface area (Å²) in [5, 5.41) is 11.3. The molecule has 0 fully saturated rings. The van der Waals surface area contributed by atoms with E-state index in [2.05, 4.69) is 17.2 Å². The molecule has 0 spiro atoms. The molecule has 21 heavy (non-hydrogen) atoms. The highest BCUT2D eigenvalue weighted by molar-refractivity contribution is 7.92. The lowest BCUT2D eigenvalue weighted by Crippen LogP contribution is -2.44. The number of carbonyl (C=O) groups excluding carboxylic acids is 1. The number of amides is 1. The van der Waals surface area contributed by atoms with Crippen molar-refractivity contribution in [3.63, 3.8) is 0 Å². The summed E-state index contributed by atoms with van der Waals surface area (Å²) in [6, 6.07) is 6.85. The van der Waals surface area contributed by atoms with E-state index < -0.39 is 20.5 Å². The first-order valence-corrected chi connectivity index (χ1v) is 8.29. The van der Waals surface area contributed by atoms with Crippen molar-refractivity contribution in [1.29, 1.82) is 0 Å². The Balaban J connectivity index is 3.05. The summed E-state index contributed by atoms with van der Waals surface area (Å²) in [7, 11) is -3.54. The highest BCUT2D eigenvalue weighted by Crippen LogP contribution is 2.20. The standard InChI is InChI=1S/C15H19NO4S/c1-15(2,21(3,19)20)14(18)16-13-10-5-4-8-12(13)9-6-7-11-17/h4-5,8,10,17H,7,11H2,1-3H3,(H,16,18). The van der Waals surface area contributed by atoms with E-state index in [0.717, 1.165) is 6.26 Å².